The average molecular weight is 386 g/mol. The van der Waals surface area contributed by atoms with E-state index >= 15 is 0 Å². The Hall–Kier alpha value is -3.28. The van der Waals surface area contributed by atoms with E-state index in [2.05, 4.69) is 9.97 Å². The number of nitrogens with zero attached hydrogens (tertiary/aromatic N) is 4. The summed E-state index contributed by atoms with van der Waals surface area (Å²) in [6.45, 7) is 0. The molecule has 1 aliphatic rings. The van der Waals surface area contributed by atoms with Gasteiger partial charge in [0, 0.05) is 30.8 Å². The maximum Gasteiger partial charge on any atom is 0.264 e. The number of fused-ring (bicyclic) bond motifs is 2. The minimum atomic E-state index is -0.188. The molecule has 1 saturated carbocycles. The summed E-state index contributed by atoms with van der Waals surface area (Å²) in [5, 5.41) is 0.960. The monoisotopic (exact) mass is 386 g/mol. The molecule has 4 aromatic heterocycles. The molecule has 6 nitrogen and oxygen atoms in total. The van der Waals surface area contributed by atoms with Gasteiger partial charge in [-0.05, 0) is 43.2 Å². The quantitative estimate of drug-likeness (QED) is 0.386. The Morgan fingerprint density at radius 1 is 0.793 bits per heavy atom. The van der Waals surface area contributed by atoms with Gasteiger partial charge in [-0.15, -0.1) is 0 Å². The summed E-state index contributed by atoms with van der Waals surface area (Å²) in [6.07, 6.45) is 13.7. The second kappa shape index (κ2) is 7.28. The van der Waals surface area contributed by atoms with Crippen molar-refractivity contribution in [1.82, 2.24) is 19.1 Å². The van der Waals surface area contributed by atoms with E-state index in [1.165, 1.54) is 12.8 Å². The number of pyridine rings is 4. The van der Waals surface area contributed by atoms with Crippen LogP contribution in [0.15, 0.2) is 64.7 Å². The van der Waals surface area contributed by atoms with Gasteiger partial charge in [0.25, 0.3) is 11.1 Å². The van der Waals surface area contributed by atoms with Gasteiger partial charge in [0.15, 0.2) is 0 Å². The van der Waals surface area contributed by atoms with E-state index in [9.17, 15) is 9.59 Å². The molecule has 0 unspecified atom stereocenters. The van der Waals surface area contributed by atoms with Crippen LogP contribution in [0.4, 0.5) is 0 Å². The number of aromatic nitrogens is 4. The molecule has 4 heterocycles. The van der Waals surface area contributed by atoms with Crippen LogP contribution >= 0.6 is 0 Å². The highest BCUT2D eigenvalue weighted by molar-refractivity contribution is 5.91. The van der Waals surface area contributed by atoms with Crippen LogP contribution in [0.5, 0.6) is 0 Å². The molecule has 0 aliphatic heterocycles. The normalized spacial score (nSPS) is 15.6. The summed E-state index contributed by atoms with van der Waals surface area (Å²) < 4.78 is 3.41. The highest BCUT2D eigenvalue weighted by Crippen LogP contribution is 2.26. The molecule has 4 aromatic rings. The Morgan fingerprint density at radius 3 is 2.17 bits per heavy atom. The van der Waals surface area contributed by atoms with Crippen molar-refractivity contribution < 1.29 is 0 Å². The molecule has 0 amide bonds. The maximum atomic E-state index is 13.3. The van der Waals surface area contributed by atoms with Crippen molar-refractivity contribution in [2.45, 2.75) is 44.6 Å². The molecule has 6 heteroatoms. The summed E-state index contributed by atoms with van der Waals surface area (Å²) in [5.74, 6) is 0. The Labute approximate surface area is 167 Å². The van der Waals surface area contributed by atoms with E-state index in [0.29, 0.717) is 21.8 Å². The summed E-state index contributed by atoms with van der Waals surface area (Å²) in [7, 11) is 0. The second-order valence-electron chi connectivity index (χ2n) is 7.72. The molecular weight excluding hydrogens is 364 g/mol. The zero-order valence-corrected chi connectivity index (χ0v) is 16.1. The molecule has 0 radical (unpaired) electrons. The van der Waals surface area contributed by atoms with Crippen LogP contribution in [0, 0.1) is 0 Å². The van der Waals surface area contributed by atoms with E-state index in [-0.39, 0.29) is 17.2 Å². The first-order chi connectivity index (χ1) is 14.2. The van der Waals surface area contributed by atoms with Crippen molar-refractivity contribution in [3.8, 4) is 5.69 Å². The largest absolute Gasteiger partial charge is 0.312 e. The van der Waals surface area contributed by atoms with Gasteiger partial charge < -0.3 is 4.57 Å². The van der Waals surface area contributed by atoms with E-state index < -0.39 is 0 Å². The zero-order chi connectivity index (χ0) is 19.8. The molecule has 1 fully saturated rings. The first kappa shape index (κ1) is 17.8. The molecule has 29 heavy (non-hydrogen) atoms. The van der Waals surface area contributed by atoms with Crippen LogP contribution in [0.2, 0.25) is 0 Å². The maximum absolute atomic E-state index is 13.3. The zero-order valence-electron chi connectivity index (χ0n) is 16.1. The Morgan fingerprint density at radius 2 is 1.45 bits per heavy atom. The molecule has 0 saturated heterocycles. The molecule has 0 bridgehead atoms. The van der Waals surface area contributed by atoms with E-state index in [0.717, 1.165) is 31.4 Å². The van der Waals surface area contributed by atoms with Crippen molar-refractivity contribution in [2.75, 3.05) is 0 Å². The summed E-state index contributed by atoms with van der Waals surface area (Å²) in [6, 6.07) is 9.21. The van der Waals surface area contributed by atoms with E-state index in [1.54, 1.807) is 41.4 Å². The van der Waals surface area contributed by atoms with Crippen LogP contribution < -0.4 is 11.1 Å². The van der Waals surface area contributed by atoms with E-state index in [4.69, 9.17) is 0 Å². The average Bonchev–Trinajstić information content (AvgIpc) is 3.04. The predicted octanol–water partition coefficient (Wildman–Crippen LogP) is 3.99. The summed E-state index contributed by atoms with van der Waals surface area (Å²) in [5.41, 5.74) is 1.72. The fourth-order valence-electron chi connectivity index (χ4n) is 4.37. The van der Waals surface area contributed by atoms with Gasteiger partial charge in [0.2, 0.25) is 0 Å². The van der Waals surface area contributed by atoms with Crippen molar-refractivity contribution in [3.05, 3.63) is 75.8 Å². The third-order valence-electron chi connectivity index (χ3n) is 5.93. The lowest BCUT2D eigenvalue weighted by atomic mass is 10.1. The van der Waals surface area contributed by atoms with Crippen molar-refractivity contribution in [3.63, 3.8) is 0 Å². The summed E-state index contributed by atoms with van der Waals surface area (Å²) >= 11 is 0. The van der Waals surface area contributed by atoms with Crippen molar-refractivity contribution in [1.29, 1.82) is 0 Å². The number of hydrogen-bond donors (Lipinski definition) is 0. The number of hydrogen-bond acceptors (Lipinski definition) is 4. The van der Waals surface area contributed by atoms with Crippen LogP contribution in [0.3, 0.4) is 0 Å². The Kier molecular flexibility index (Phi) is 4.46. The van der Waals surface area contributed by atoms with Gasteiger partial charge in [-0.1, -0.05) is 25.7 Å². The highest BCUT2D eigenvalue weighted by atomic mass is 16.1. The third-order valence-corrected chi connectivity index (χ3v) is 5.93. The minimum Gasteiger partial charge on any atom is -0.312 e. The molecule has 0 aromatic carbocycles. The van der Waals surface area contributed by atoms with Gasteiger partial charge in [-0.2, -0.15) is 0 Å². The van der Waals surface area contributed by atoms with Gasteiger partial charge in [-0.3, -0.25) is 19.1 Å². The SMILES string of the molecule is O=c1c2cc3c(=O)n(C4CCCCCC4)ccc3nc2ccn1-c1ccncc1. The van der Waals surface area contributed by atoms with Crippen LogP contribution in [-0.4, -0.2) is 19.1 Å². The van der Waals surface area contributed by atoms with E-state index in [1.807, 2.05) is 22.9 Å². The first-order valence-corrected chi connectivity index (χ1v) is 10.2. The van der Waals surface area contributed by atoms with Gasteiger partial charge in [0.05, 0.1) is 27.5 Å². The highest BCUT2D eigenvalue weighted by Gasteiger charge is 2.17. The molecule has 1 aliphatic carbocycles. The Balaban J connectivity index is 1.70. The molecule has 0 atom stereocenters. The van der Waals surface area contributed by atoms with Crippen LogP contribution in [0.25, 0.3) is 27.5 Å². The minimum absolute atomic E-state index is 0.0532. The van der Waals surface area contributed by atoms with Crippen molar-refractivity contribution in [2.24, 2.45) is 0 Å². The Bertz CT molecular complexity index is 1300. The van der Waals surface area contributed by atoms with Crippen LogP contribution in [-0.2, 0) is 0 Å². The summed E-state index contributed by atoms with van der Waals surface area (Å²) in [4.78, 5) is 35.0. The molecular formula is C23H22N4O2. The second-order valence-corrected chi connectivity index (χ2v) is 7.72. The fourth-order valence-corrected chi connectivity index (χ4v) is 4.37. The number of rotatable bonds is 2. The molecule has 146 valence electrons. The van der Waals surface area contributed by atoms with Crippen molar-refractivity contribution >= 4 is 21.8 Å². The standard InChI is InChI=1S/C23H22N4O2/c28-22-18-15-19-21(10-14-27(23(19)29)17-7-11-24-12-8-17)25-20(18)9-13-26(22)16-5-3-1-2-4-6-16/h7-16H,1-6H2. The predicted molar refractivity (Wildman–Crippen MR) is 114 cm³/mol. The topological polar surface area (TPSA) is 69.8 Å². The third kappa shape index (κ3) is 3.14. The molecule has 5 rings (SSSR count). The van der Waals surface area contributed by atoms with Crippen LogP contribution in [0.1, 0.15) is 44.6 Å². The van der Waals surface area contributed by atoms with Gasteiger partial charge in [-0.25, -0.2) is 4.98 Å². The van der Waals surface area contributed by atoms with Gasteiger partial charge in [0.1, 0.15) is 0 Å². The lowest BCUT2D eigenvalue weighted by Gasteiger charge is -2.18. The molecule has 0 spiro atoms. The first-order valence-electron chi connectivity index (χ1n) is 10.2. The lowest BCUT2D eigenvalue weighted by Crippen LogP contribution is -2.25. The molecule has 0 N–H and O–H groups in total. The van der Waals surface area contributed by atoms with Gasteiger partial charge >= 0.3 is 0 Å². The smallest absolute Gasteiger partial charge is 0.264 e. The fraction of sp³-hybridized carbons (Fsp3) is 0.304. The lowest BCUT2D eigenvalue weighted by molar-refractivity contribution is 0.434.